The van der Waals surface area contributed by atoms with Crippen LogP contribution in [0.4, 0.5) is 11.4 Å². The summed E-state index contributed by atoms with van der Waals surface area (Å²) in [7, 11) is 2.33. The second-order valence-corrected chi connectivity index (χ2v) is 12.9. The lowest BCUT2D eigenvalue weighted by Gasteiger charge is -2.60. The molecule has 0 radical (unpaired) electrons. The molecule has 1 aromatic carbocycles. The number of rotatable bonds is 4. The summed E-state index contributed by atoms with van der Waals surface area (Å²) in [6.07, 6.45) is 16.2. The van der Waals surface area contributed by atoms with Gasteiger partial charge in [0.25, 0.3) is 0 Å². The van der Waals surface area contributed by atoms with Crippen molar-refractivity contribution in [1.29, 1.82) is 0 Å². The van der Waals surface area contributed by atoms with Crippen molar-refractivity contribution < 1.29 is 4.79 Å². The maximum atomic E-state index is 13.4. The van der Waals surface area contributed by atoms with Gasteiger partial charge in [-0.15, -0.1) is 0 Å². The summed E-state index contributed by atoms with van der Waals surface area (Å²) in [5.41, 5.74) is 2.64. The lowest BCUT2D eigenvalue weighted by atomic mass is 9.49. The summed E-state index contributed by atoms with van der Waals surface area (Å²) in [5.74, 6) is 5.65. The third-order valence-electron chi connectivity index (χ3n) is 10.7. The van der Waals surface area contributed by atoms with E-state index in [4.69, 9.17) is 0 Å². The molecule has 1 aromatic rings. The van der Waals surface area contributed by atoms with Gasteiger partial charge >= 0.3 is 0 Å². The van der Waals surface area contributed by atoms with Gasteiger partial charge in [-0.1, -0.05) is 0 Å². The minimum Gasteiger partial charge on any atom is -0.369 e. The number of hydrogen-bond acceptors (Lipinski definition) is 2. The van der Waals surface area contributed by atoms with Gasteiger partial charge in [0.05, 0.1) is 5.41 Å². The molecule has 0 heterocycles. The Hall–Kier alpha value is -1.51. The average molecular weight is 419 g/mol. The number of benzene rings is 1. The summed E-state index contributed by atoms with van der Waals surface area (Å²) in [6.45, 7) is 0. The molecular formula is C28H38N2O. The fourth-order valence-electron chi connectivity index (χ4n) is 10.2. The molecule has 0 atom stereocenters. The van der Waals surface area contributed by atoms with Crippen LogP contribution in [0.3, 0.4) is 0 Å². The van der Waals surface area contributed by atoms with Crippen molar-refractivity contribution in [2.75, 3.05) is 17.3 Å². The highest BCUT2D eigenvalue weighted by Gasteiger charge is 2.55. The van der Waals surface area contributed by atoms with Crippen molar-refractivity contribution in [2.45, 2.75) is 82.6 Å². The molecule has 3 nitrogen and oxygen atoms in total. The zero-order valence-electron chi connectivity index (χ0n) is 19.1. The van der Waals surface area contributed by atoms with E-state index >= 15 is 0 Å². The van der Waals surface area contributed by atoms with E-state index in [-0.39, 0.29) is 5.41 Å². The van der Waals surface area contributed by atoms with E-state index in [0.29, 0.717) is 11.4 Å². The monoisotopic (exact) mass is 418 g/mol. The quantitative estimate of drug-likeness (QED) is 0.627. The molecular weight excluding hydrogens is 380 g/mol. The van der Waals surface area contributed by atoms with E-state index in [9.17, 15) is 4.79 Å². The van der Waals surface area contributed by atoms with Crippen LogP contribution in [0, 0.1) is 40.9 Å². The smallest absolute Gasteiger partial charge is 0.230 e. The summed E-state index contributed by atoms with van der Waals surface area (Å²) in [5, 5.41) is 3.34. The van der Waals surface area contributed by atoms with Crippen LogP contribution < -0.4 is 10.2 Å². The zero-order chi connectivity index (χ0) is 20.8. The molecule has 0 saturated heterocycles. The van der Waals surface area contributed by atoms with E-state index in [1.54, 1.807) is 0 Å². The van der Waals surface area contributed by atoms with Crippen molar-refractivity contribution >= 4 is 17.3 Å². The third-order valence-corrected chi connectivity index (χ3v) is 10.7. The van der Waals surface area contributed by atoms with Gasteiger partial charge in [-0.3, -0.25) is 4.79 Å². The highest BCUT2D eigenvalue weighted by atomic mass is 16.2. The van der Waals surface area contributed by atoms with Crippen molar-refractivity contribution in [3.05, 3.63) is 24.3 Å². The van der Waals surface area contributed by atoms with Crippen molar-refractivity contribution in [3.8, 4) is 0 Å². The average Bonchev–Trinajstić information content (AvgIpc) is 2.72. The number of anilines is 2. The molecule has 8 aliphatic carbocycles. The molecule has 9 rings (SSSR count). The maximum Gasteiger partial charge on any atom is 0.230 e. The van der Waals surface area contributed by atoms with E-state index in [1.165, 1.54) is 63.5 Å². The Morgan fingerprint density at radius 2 is 1.16 bits per heavy atom. The Morgan fingerprint density at radius 1 is 0.742 bits per heavy atom. The lowest BCUT2D eigenvalue weighted by molar-refractivity contribution is -0.140. The van der Waals surface area contributed by atoms with E-state index in [0.717, 1.165) is 60.5 Å². The van der Waals surface area contributed by atoms with Crippen LogP contribution in [0.5, 0.6) is 0 Å². The standard InChI is InChI=1S/C28H38N2O/c1-30(28-15-21-9-22(16-28)11-23(10-21)17-28)25-4-2-24(3-5-25)29-26(31)27-12-18-6-19(13-27)8-20(7-18)14-27/h2-5,18-23H,6-17H2,1H3,(H,29,31). The number of nitrogens with one attached hydrogen (secondary N) is 1. The normalized spacial score (nSPS) is 46.4. The molecule has 8 fully saturated rings. The predicted octanol–water partition coefficient (Wildman–Crippen LogP) is 6.25. The number of carbonyl (C=O) groups excluding carboxylic acids is 1. The first-order valence-electron chi connectivity index (χ1n) is 13.1. The topological polar surface area (TPSA) is 32.3 Å². The first-order chi connectivity index (χ1) is 15.0. The first-order valence-corrected chi connectivity index (χ1v) is 13.1. The minimum atomic E-state index is -0.0661. The van der Waals surface area contributed by atoms with Gasteiger partial charge in [-0.25, -0.2) is 0 Å². The largest absolute Gasteiger partial charge is 0.369 e. The SMILES string of the molecule is CN(c1ccc(NC(=O)C23CC4CC(CC(C4)C2)C3)cc1)C12CC3CC(CC(C3)C1)C2. The molecule has 3 heteroatoms. The van der Waals surface area contributed by atoms with Gasteiger partial charge in [0.2, 0.25) is 5.91 Å². The van der Waals surface area contributed by atoms with Gasteiger partial charge in [-0.05, 0) is 137 Å². The fourth-order valence-corrected chi connectivity index (χ4v) is 10.2. The molecule has 1 amide bonds. The molecule has 8 saturated carbocycles. The van der Waals surface area contributed by atoms with Gasteiger partial charge < -0.3 is 10.2 Å². The molecule has 0 aliphatic heterocycles. The van der Waals surface area contributed by atoms with Gasteiger partial charge in [-0.2, -0.15) is 0 Å². The van der Waals surface area contributed by atoms with Crippen LogP contribution in [-0.2, 0) is 4.79 Å². The van der Waals surface area contributed by atoms with Crippen LogP contribution in [0.1, 0.15) is 77.0 Å². The van der Waals surface area contributed by atoms with Crippen LogP contribution in [0.15, 0.2) is 24.3 Å². The van der Waals surface area contributed by atoms with E-state index in [2.05, 4.69) is 41.5 Å². The Balaban J connectivity index is 1.07. The first kappa shape index (κ1) is 19.0. The van der Waals surface area contributed by atoms with Crippen LogP contribution >= 0.6 is 0 Å². The number of nitrogens with zero attached hydrogens (tertiary/aromatic N) is 1. The minimum absolute atomic E-state index is 0.0661. The van der Waals surface area contributed by atoms with Gasteiger partial charge in [0, 0.05) is 24.0 Å². The molecule has 166 valence electrons. The number of hydrogen-bond donors (Lipinski definition) is 1. The molecule has 0 spiro atoms. The second-order valence-electron chi connectivity index (χ2n) is 12.9. The van der Waals surface area contributed by atoms with E-state index in [1.807, 2.05) is 0 Å². The lowest BCUT2D eigenvalue weighted by Crippen LogP contribution is -2.59. The Bertz CT molecular complexity index is 816. The molecule has 0 unspecified atom stereocenters. The number of amides is 1. The van der Waals surface area contributed by atoms with Crippen LogP contribution in [0.25, 0.3) is 0 Å². The maximum absolute atomic E-state index is 13.4. The fraction of sp³-hybridized carbons (Fsp3) is 0.750. The highest BCUT2D eigenvalue weighted by molar-refractivity contribution is 5.95. The molecule has 1 N–H and O–H groups in total. The number of carbonyl (C=O) groups is 1. The Morgan fingerprint density at radius 3 is 1.61 bits per heavy atom. The second kappa shape index (κ2) is 6.51. The van der Waals surface area contributed by atoms with Crippen molar-refractivity contribution in [3.63, 3.8) is 0 Å². The Kier molecular flexibility index (Phi) is 3.99. The molecule has 8 bridgehead atoms. The van der Waals surface area contributed by atoms with E-state index < -0.39 is 0 Å². The molecule has 8 aliphatic rings. The third kappa shape index (κ3) is 2.94. The van der Waals surface area contributed by atoms with Crippen molar-refractivity contribution in [2.24, 2.45) is 40.9 Å². The van der Waals surface area contributed by atoms with Crippen LogP contribution in [0.2, 0.25) is 0 Å². The highest BCUT2D eigenvalue weighted by Crippen LogP contribution is 2.60. The summed E-state index contributed by atoms with van der Waals surface area (Å²) >= 11 is 0. The Labute approximate surface area is 187 Å². The van der Waals surface area contributed by atoms with Gasteiger partial charge in [0.1, 0.15) is 0 Å². The zero-order valence-corrected chi connectivity index (χ0v) is 19.1. The molecule has 31 heavy (non-hydrogen) atoms. The predicted molar refractivity (Wildman–Crippen MR) is 125 cm³/mol. The van der Waals surface area contributed by atoms with Gasteiger partial charge in [0.15, 0.2) is 0 Å². The van der Waals surface area contributed by atoms with Crippen molar-refractivity contribution in [1.82, 2.24) is 0 Å². The van der Waals surface area contributed by atoms with Crippen LogP contribution in [-0.4, -0.2) is 18.5 Å². The summed E-state index contributed by atoms with van der Waals surface area (Å²) in [6, 6.07) is 8.83. The summed E-state index contributed by atoms with van der Waals surface area (Å²) < 4.78 is 0. The summed E-state index contributed by atoms with van der Waals surface area (Å²) in [4.78, 5) is 16.0. The molecule has 0 aromatic heterocycles.